The predicted molar refractivity (Wildman–Crippen MR) is 82.4 cm³/mol. The molecule has 1 aromatic rings. The minimum atomic E-state index is -0.513. The third-order valence-corrected chi connectivity index (χ3v) is 4.79. The molecule has 3 rings (SSSR count). The summed E-state index contributed by atoms with van der Waals surface area (Å²) in [7, 11) is 0. The van der Waals surface area contributed by atoms with E-state index in [-0.39, 0.29) is 18.0 Å². The highest BCUT2D eigenvalue weighted by Gasteiger charge is 2.35. The number of carbonyl (C=O) groups excluding carboxylic acids is 1. The van der Waals surface area contributed by atoms with Crippen LogP contribution in [0.5, 0.6) is 0 Å². The molecule has 6 heteroatoms. The van der Waals surface area contributed by atoms with Crippen molar-refractivity contribution in [3.63, 3.8) is 0 Å². The third kappa shape index (κ3) is 3.44. The van der Waals surface area contributed by atoms with E-state index in [1.165, 1.54) is 25.2 Å². The molecule has 22 heavy (non-hydrogen) atoms. The van der Waals surface area contributed by atoms with E-state index in [2.05, 4.69) is 20.2 Å². The molecule has 120 valence electrons. The monoisotopic (exact) mass is 304 g/mol. The molecule has 3 atom stereocenters. The van der Waals surface area contributed by atoms with Gasteiger partial charge in [-0.05, 0) is 38.8 Å². The van der Waals surface area contributed by atoms with Gasteiger partial charge in [0.1, 0.15) is 5.69 Å². The zero-order valence-corrected chi connectivity index (χ0v) is 12.8. The number of hydrogen-bond donors (Lipinski definition) is 2. The Kier molecular flexibility index (Phi) is 5.00. The topological polar surface area (TPSA) is 78.4 Å². The van der Waals surface area contributed by atoms with Gasteiger partial charge in [-0.2, -0.15) is 0 Å². The first-order valence-corrected chi connectivity index (χ1v) is 8.25. The average Bonchev–Trinajstić information content (AvgIpc) is 3.02. The minimum absolute atomic E-state index is 0.164. The molecular weight excluding hydrogens is 280 g/mol. The van der Waals surface area contributed by atoms with Crippen LogP contribution in [0.25, 0.3) is 0 Å². The summed E-state index contributed by atoms with van der Waals surface area (Å²) >= 11 is 0. The van der Waals surface area contributed by atoms with Gasteiger partial charge in [0.2, 0.25) is 0 Å². The van der Waals surface area contributed by atoms with Crippen molar-refractivity contribution in [1.29, 1.82) is 0 Å². The maximum atomic E-state index is 12.3. The van der Waals surface area contributed by atoms with Gasteiger partial charge < -0.3 is 10.4 Å². The van der Waals surface area contributed by atoms with E-state index in [0.29, 0.717) is 5.69 Å². The summed E-state index contributed by atoms with van der Waals surface area (Å²) in [6.07, 6.45) is 10.4. The van der Waals surface area contributed by atoms with E-state index >= 15 is 0 Å². The first-order valence-electron chi connectivity index (χ1n) is 8.25. The van der Waals surface area contributed by atoms with E-state index in [1.807, 2.05) is 0 Å². The van der Waals surface area contributed by atoms with Crippen molar-refractivity contribution in [2.45, 2.75) is 56.7 Å². The van der Waals surface area contributed by atoms with Crippen LogP contribution in [-0.2, 0) is 0 Å². The lowest BCUT2D eigenvalue weighted by Crippen LogP contribution is -2.52. The molecule has 1 aliphatic heterocycles. The summed E-state index contributed by atoms with van der Waals surface area (Å²) in [5.74, 6) is -0.251. The molecule has 0 aromatic carbocycles. The Morgan fingerprint density at radius 2 is 1.95 bits per heavy atom. The Morgan fingerprint density at radius 3 is 2.68 bits per heavy atom. The Bertz CT molecular complexity index is 490. The van der Waals surface area contributed by atoms with Gasteiger partial charge in [-0.15, -0.1) is 0 Å². The molecule has 0 radical (unpaired) electrons. The fourth-order valence-electron chi connectivity index (χ4n) is 3.62. The van der Waals surface area contributed by atoms with E-state index in [9.17, 15) is 9.90 Å². The van der Waals surface area contributed by atoms with Crippen LogP contribution in [0.4, 0.5) is 0 Å². The number of aliphatic hydroxyl groups is 1. The summed E-state index contributed by atoms with van der Waals surface area (Å²) in [5.41, 5.74) is 0.302. The highest BCUT2D eigenvalue weighted by atomic mass is 16.3. The van der Waals surface area contributed by atoms with Crippen LogP contribution in [0.2, 0.25) is 0 Å². The second-order valence-corrected chi connectivity index (χ2v) is 6.26. The Morgan fingerprint density at radius 1 is 1.18 bits per heavy atom. The second kappa shape index (κ2) is 7.15. The fourth-order valence-corrected chi connectivity index (χ4v) is 3.62. The molecule has 0 unspecified atom stereocenters. The molecule has 1 amide bonds. The lowest BCUT2D eigenvalue weighted by Gasteiger charge is -2.34. The Hall–Kier alpha value is -1.53. The van der Waals surface area contributed by atoms with Gasteiger partial charge in [0.15, 0.2) is 0 Å². The molecule has 1 aliphatic carbocycles. The lowest BCUT2D eigenvalue weighted by atomic mass is 10.00. The summed E-state index contributed by atoms with van der Waals surface area (Å²) in [6.45, 7) is 2.12. The Labute approximate surface area is 131 Å². The predicted octanol–water partition coefficient (Wildman–Crippen LogP) is 0.974. The molecule has 2 aliphatic rings. The van der Waals surface area contributed by atoms with Crippen LogP contribution >= 0.6 is 0 Å². The van der Waals surface area contributed by atoms with Crippen LogP contribution in [0.15, 0.2) is 18.6 Å². The number of rotatable bonds is 3. The third-order valence-electron chi connectivity index (χ3n) is 4.79. The van der Waals surface area contributed by atoms with E-state index in [4.69, 9.17) is 0 Å². The van der Waals surface area contributed by atoms with Gasteiger partial charge in [0.25, 0.3) is 5.91 Å². The summed E-state index contributed by atoms with van der Waals surface area (Å²) in [4.78, 5) is 22.6. The highest BCUT2D eigenvalue weighted by molar-refractivity contribution is 5.92. The quantitative estimate of drug-likeness (QED) is 0.814. The fraction of sp³-hybridized carbons (Fsp3) is 0.688. The number of hydrogen-bond acceptors (Lipinski definition) is 5. The van der Waals surface area contributed by atoms with Gasteiger partial charge in [-0.25, -0.2) is 4.98 Å². The smallest absolute Gasteiger partial charge is 0.271 e. The standard InChI is InChI=1S/C16H24N4O2/c21-15-12(19-16(22)13-11-17-7-8-18-13)5-1-2-6-14(15)20-9-3-4-10-20/h7-8,11-12,14-15,21H,1-6,9-10H2,(H,19,22)/t12-,14-,15-/m1/s1. The van der Waals surface area contributed by atoms with Crippen molar-refractivity contribution in [1.82, 2.24) is 20.2 Å². The molecular formula is C16H24N4O2. The average molecular weight is 304 g/mol. The first-order chi connectivity index (χ1) is 10.8. The number of amides is 1. The number of nitrogens with zero attached hydrogens (tertiary/aromatic N) is 3. The highest BCUT2D eigenvalue weighted by Crippen LogP contribution is 2.26. The summed E-state index contributed by atoms with van der Waals surface area (Å²) in [6, 6.07) is -0.0419. The van der Waals surface area contributed by atoms with Crippen LogP contribution in [0.1, 0.15) is 49.0 Å². The minimum Gasteiger partial charge on any atom is -0.389 e. The molecule has 1 saturated heterocycles. The van der Waals surface area contributed by atoms with Crippen LogP contribution in [-0.4, -0.2) is 57.2 Å². The SMILES string of the molecule is O=C(N[C@@H]1CCCC[C@@H](N2CCCC2)[C@@H]1O)c1cnccn1. The van der Waals surface area contributed by atoms with E-state index in [0.717, 1.165) is 38.8 Å². The maximum Gasteiger partial charge on any atom is 0.271 e. The van der Waals surface area contributed by atoms with Crippen molar-refractivity contribution in [2.24, 2.45) is 0 Å². The van der Waals surface area contributed by atoms with Gasteiger partial charge >= 0.3 is 0 Å². The first kappa shape index (κ1) is 15.4. The van der Waals surface area contributed by atoms with Crippen molar-refractivity contribution in [3.05, 3.63) is 24.3 Å². The van der Waals surface area contributed by atoms with Crippen LogP contribution in [0, 0.1) is 0 Å². The van der Waals surface area contributed by atoms with Crippen molar-refractivity contribution < 1.29 is 9.90 Å². The van der Waals surface area contributed by atoms with Gasteiger partial charge in [0, 0.05) is 18.4 Å². The summed E-state index contributed by atoms with van der Waals surface area (Å²) < 4.78 is 0. The molecule has 0 spiro atoms. The summed E-state index contributed by atoms with van der Waals surface area (Å²) in [5, 5.41) is 13.7. The largest absolute Gasteiger partial charge is 0.389 e. The van der Waals surface area contributed by atoms with Gasteiger partial charge in [0.05, 0.1) is 18.3 Å². The molecule has 0 bridgehead atoms. The Balaban J connectivity index is 1.67. The van der Waals surface area contributed by atoms with Crippen molar-refractivity contribution >= 4 is 5.91 Å². The zero-order chi connectivity index (χ0) is 15.4. The molecule has 2 N–H and O–H groups in total. The number of likely N-dealkylation sites (tertiary alicyclic amines) is 1. The van der Waals surface area contributed by atoms with E-state index < -0.39 is 6.10 Å². The zero-order valence-electron chi connectivity index (χ0n) is 12.8. The van der Waals surface area contributed by atoms with Crippen molar-refractivity contribution in [3.8, 4) is 0 Å². The maximum absolute atomic E-state index is 12.3. The van der Waals surface area contributed by atoms with Gasteiger partial charge in [-0.3, -0.25) is 14.7 Å². The number of nitrogens with one attached hydrogen (secondary N) is 1. The number of aliphatic hydroxyl groups excluding tert-OH is 1. The normalized spacial score (nSPS) is 30.0. The number of carbonyl (C=O) groups is 1. The van der Waals surface area contributed by atoms with E-state index in [1.54, 1.807) is 6.20 Å². The van der Waals surface area contributed by atoms with Gasteiger partial charge in [-0.1, -0.05) is 12.8 Å². The molecule has 2 heterocycles. The molecule has 6 nitrogen and oxygen atoms in total. The molecule has 1 saturated carbocycles. The van der Waals surface area contributed by atoms with Crippen LogP contribution < -0.4 is 5.32 Å². The van der Waals surface area contributed by atoms with Crippen LogP contribution in [0.3, 0.4) is 0 Å². The molecule has 1 aromatic heterocycles. The number of aromatic nitrogens is 2. The molecule has 2 fully saturated rings. The second-order valence-electron chi connectivity index (χ2n) is 6.26. The lowest BCUT2D eigenvalue weighted by molar-refractivity contribution is 0.0337. The van der Waals surface area contributed by atoms with Crippen molar-refractivity contribution in [2.75, 3.05) is 13.1 Å².